The maximum atomic E-state index is 11.7. The van der Waals surface area contributed by atoms with Crippen LogP contribution in [0.15, 0.2) is 52.3 Å². The van der Waals surface area contributed by atoms with E-state index in [1.165, 1.54) is 16.0 Å². The summed E-state index contributed by atoms with van der Waals surface area (Å²) in [6, 6.07) is 13.9. The Morgan fingerprint density at radius 2 is 1.75 bits per heavy atom. The highest BCUT2D eigenvalue weighted by atomic mass is 32.2. The van der Waals surface area contributed by atoms with Crippen LogP contribution in [-0.4, -0.2) is 26.3 Å². The van der Waals surface area contributed by atoms with Gasteiger partial charge in [0.2, 0.25) is 5.91 Å². The van der Waals surface area contributed by atoms with Crippen LogP contribution in [0.1, 0.15) is 17.5 Å². The molecule has 24 heavy (non-hydrogen) atoms. The largest absolute Gasteiger partial charge is 0.326 e. The van der Waals surface area contributed by atoms with Crippen molar-refractivity contribution in [2.75, 3.05) is 17.3 Å². The zero-order valence-electron chi connectivity index (χ0n) is 14.0. The second-order valence-electron chi connectivity index (χ2n) is 5.82. The minimum atomic E-state index is -3.12. The Kier molecular flexibility index (Phi) is 6.07. The van der Waals surface area contributed by atoms with E-state index in [1.54, 1.807) is 11.8 Å². The minimum absolute atomic E-state index is 0.0299. The first-order valence-corrected chi connectivity index (χ1v) is 10.4. The number of carbonyl (C=O) groups is 1. The summed E-state index contributed by atoms with van der Waals surface area (Å²) in [5.41, 5.74) is 3.14. The molecule has 0 radical (unpaired) electrons. The summed E-state index contributed by atoms with van der Waals surface area (Å²) < 4.78 is 22.1. The summed E-state index contributed by atoms with van der Waals surface area (Å²) in [6.07, 6.45) is 1.09. The number of hydrogen-bond donors (Lipinski definition) is 1. The Morgan fingerprint density at radius 3 is 2.33 bits per heavy atom. The van der Waals surface area contributed by atoms with Gasteiger partial charge >= 0.3 is 0 Å². The highest BCUT2D eigenvalue weighted by Crippen LogP contribution is 2.31. The van der Waals surface area contributed by atoms with E-state index in [4.69, 9.17) is 0 Å². The molecule has 6 heteroatoms. The molecule has 0 aromatic heterocycles. The van der Waals surface area contributed by atoms with E-state index in [-0.39, 0.29) is 18.1 Å². The number of sulfone groups is 1. The predicted octanol–water partition coefficient (Wildman–Crippen LogP) is 3.83. The SMILES string of the molecule is Cc1ccc(Sc2ccc(NC(=O)CCS(C)(=O)=O)cc2)c(C)c1. The molecule has 2 rings (SSSR count). The van der Waals surface area contributed by atoms with Gasteiger partial charge in [0.15, 0.2) is 0 Å². The number of rotatable bonds is 6. The Labute approximate surface area is 147 Å². The monoisotopic (exact) mass is 363 g/mol. The van der Waals surface area contributed by atoms with Gasteiger partial charge in [-0.1, -0.05) is 29.5 Å². The molecule has 0 fully saturated rings. The van der Waals surface area contributed by atoms with E-state index in [1.807, 2.05) is 24.3 Å². The molecule has 0 atom stereocenters. The van der Waals surface area contributed by atoms with E-state index in [2.05, 4.69) is 37.4 Å². The summed E-state index contributed by atoms with van der Waals surface area (Å²) in [5.74, 6) is -0.436. The van der Waals surface area contributed by atoms with Crippen LogP contribution in [0.2, 0.25) is 0 Å². The molecule has 0 bridgehead atoms. The van der Waals surface area contributed by atoms with Crippen molar-refractivity contribution in [3.63, 3.8) is 0 Å². The molecule has 2 aromatic carbocycles. The van der Waals surface area contributed by atoms with Crippen molar-refractivity contribution in [2.24, 2.45) is 0 Å². The third-order valence-electron chi connectivity index (χ3n) is 3.40. The first kappa shape index (κ1) is 18.5. The number of benzene rings is 2. The molecule has 0 aliphatic carbocycles. The second kappa shape index (κ2) is 7.85. The van der Waals surface area contributed by atoms with Gasteiger partial charge in [0.05, 0.1) is 5.75 Å². The summed E-state index contributed by atoms with van der Waals surface area (Å²) in [6.45, 7) is 4.16. The lowest BCUT2D eigenvalue weighted by atomic mass is 10.2. The molecular weight excluding hydrogens is 342 g/mol. The third kappa shape index (κ3) is 6.02. The fraction of sp³-hybridized carbons (Fsp3) is 0.278. The quantitative estimate of drug-likeness (QED) is 0.847. The normalized spacial score (nSPS) is 11.3. The van der Waals surface area contributed by atoms with Crippen molar-refractivity contribution in [2.45, 2.75) is 30.1 Å². The van der Waals surface area contributed by atoms with E-state index < -0.39 is 9.84 Å². The summed E-state index contributed by atoms with van der Waals surface area (Å²) in [5, 5.41) is 2.71. The fourth-order valence-electron chi connectivity index (χ4n) is 2.15. The number of carbonyl (C=O) groups excluding carboxylic acids is 1. The molecular formula is C18H21NO3S2. The molecule has 0 saturated heterocycles. The number of aryl methyl sites for hydroxylation is 2. The van der Waals surface area contributed by atoms with Gasteiger partial charge in [-0.25, -0.2) is 8.42 Å². The first-order chi connectivity index (χ1) is 11.2. The van der Waals surface area contributed by atoms with Gasteiger partial charge in [-0.2, -0.15) is 0 Å². The molecule has 128 valence electrons. The first-order valence-electron chi connectivity index (χ1n) is 7.56. The smallest absolute Gasteiger partial charge is 0.225 e. The van der Waals surface area contributed by atoms with Crippen molar-refractivity contribution in [1.29, 1.82) is 0 Å². The van der Waals surface area contributed by atoms with E-state index in [9.17, 15) is 13.2 Å². The highest BCUT2D eigenvalue weighted by molar-refractivity contribution is 7.99. The Morgan fingerprint density at radius 1 is 1.08 bits per heavy atom. The Hall–Kier alpha value is -1.79. The highest BCUT2D eigenvalue weighted by Gasteiger charge is 2.08. The van der Waals surface area contributed by atoms with Gasteiger partial charge in [0.1, 0.15) is 9.84 Å². The van der Waals surface area contributed by atoms with Crippen molar-refractivity contribution in [1.82, 2.24) is 0 Å². The second-order valence-corrected chi connectivity index (χ2v) is 9.20. The van der Waals surface area contributed by atoms with Crippen LogP contribution in [0.25, 0.3) is 0 Å². The predicted molar refractivity (Wildman–Crippen MR) is 99.4 cm³/mol. The van der Waals surface area contributed by atoms with Gasteiger partial charge in [0.25, 0.3) is 0 Å². The summed E-state index contributed by atoms with van der Waals surface area (Å²) >= 11 is 1.67. The number of amides is 1. The molecule has 0 spiro atoms. The number of anilines is 1. The number of hydrogen-bond acceptors (Lipinski definition) is 4. The fourth-order valence-corrected chi connectivity index (χ4v) is 3.59. The Balaban J connectivity index is 1.96. The van der Waals surface area contributed by atoms with Crippen molar-refractivity contribution in [3.8, 4) is 0 Å². The minimum Gasteiger partial charge on any atom is -0.326 e. The maximum Gasteiger partial charge on any atom is 0.225 e. The van der Waals surface area contributed by atoms with Crippen LogP contribution >= 0.6 is 11.8 Å². The van der Waals surface area contributed by atoms with E-state index in [0.29, 0.717) is 5.69 Å². The average molecular weight is 364 g/mol. The van der Waals surface area contributed by atoms with Crippen LogP contribution in [0.3, 0.4) is 0 Å². The summed E-state index contributed by atoms with van der Waals surface area (Å²) in [4.78, 5) is 14.0. The van der Waals surface area contributed by atoms with Gasteiger partial charge in [-0.05, 0) is 49.7 Å². The van der Waals surface area contributed by atoms with Crippen molar-refractivity contribution in [3.05, 3.63) is 53.6 Å². The van der Waals surface area contributed by atoms with Crippen LogP contribution in [0.4, 0.5) is 5.69 Å². The zero-order valence-corrected chi connectivity index (χ0v) is 15.6. The lowest BCUT2D eigenvalue weighted by Gasteiger charge is -2.08. The Bertz CT molecular complexity index is 828. The molecule has 1 amide bonds. The van der Waals surface area contributed by atoms with Gasteiger partial charge in [-0.15, -0.1) is 0 Å². The molecule has 0 aliphatic rings. The molecule has 0 heterocycles. The summed E-state index contributed by atoms with van der Waals surface area (Å²) in [7, 11) is -3.12. The lowest BCUT2D eigenvalue weighted by molar-refractivity contribution is -0.115. The van der Waals surface area contributed by atoms with E-state index >= 15 is 0 Å². The van der Waals surface area contributed by atoms with Gasteiger partial charge in [0, 0.05) is 28.2 Å². The lowest BCUT2D eigenvalue weighted by Crippen LogP contribution is -2.16. The molecule has 0 aliphatic heterocycles. The average Bonchev–Trinajstić information content (AvgIpc) is 2.49. The molecule has 1 N–H and O–H groups in total. The van der Waals surface area contributed by atoms with Crippen molar-refractivity contribution >= 4 is 33.2 Å². The molecule has 2 aromatic rings. The third-order valence-corrected chi connectivity index (χ3v) is 5.53. The van der Waals surface area contributed by atoms with E-state index in [0.717, 1.165) is 11.2 Å². The van der Waals surface area contributed by atoms with Gasteiger partial charge in [-0.3, -0.25) is 4.79 Å². The molecule has 0 unspecified atom stereocenters. The maximum absolute atomic E-state index is 11.7. The number of nitrogens with one attached hydrogen (secondary N) is 1. The molecule has 4 nitrogen and oxygen atoms in total. The van der Waals surface area contributed by atoms with Crippen molar-refractivity contribution < 1.29 is 13.2 Å². The zero-order chi connectivity index (χ0) is 17.7. The standard InChI is InChI=1S/C18H21NO3S2/c1-13-4-9-17(14(2)12-13)23-16-7-5-15(6-8-16)19-18(20)10-11-24(3,21)22/h4-9,12H,10-11H2,1-3H3,(H,19,20). The van der Waals surface area contributed by atoms with Crippen LogP contribution in [0.5, 0.6) is 0 Å². The van der Waals surface area contributed by atoms with Crippen LogP contribution in [0, 0.1) is 13.8 Å². The topological polar surface area (TPSA) is 63.2 Å². The molecule has 0 saturated carbocycles. The van der Waals surface area contributed by atoms with Gasteiger partial charge < -0.3 is 5.32 Å². The van der Waals surface area contributed by atoms with Crippen LogP contribution in [-0.2, 0) is 14.6 Å². The van der Waals surface area contributed by atoms with Crippen LogP contribution < -0.4 is 5.32 Å².